The van der Waals surface area contributed by atoms with Gasteiger partial charge in [0.25, 0.3) is 10.1 Å². The maximum atomic E-state index is 10.7. The van der Waals surface area contributed by atoms with E-state index in [0.717, 1.165) is 0 Å². The molecule has 66 valence electrons. The van der Waals surface area contributed by atoms with Crippen LogP contribution in [0, 0.1) is 11.3 Å². The van der Waals surface area contributed by atoms with Crippen molar-refractivity contribution < 1.29 is 65.4 Å². The summed E-state index contributed by atoms with van der Waals surface area (Å²) in [7, 11) is -3.48. The van der Waals surface area contributed by atoms with Crippen molar-refractivity contribution in [1.29, 1.82) is 5.26 Å². The van der Waals surface area contributed by atoms with Crippen LogP contribution in [0.5, 0.6) is 0 Å². The molecule has 0 radical (unpaired) electrons. The monoisotopic (exact) mass is 218 g/mol. The Kier molecular flexibility index (Phi) is 11.1. The standard InChI is InChI=1S/C5H10N2O3S.K.H/c6-2-1-4-10-11(8,9)5-3-7;;/h1,3-5,7H2;;/q;+1;-1. The maximum Gasteiger partial charge on any atom is 1.00 e. The quantitative estimate of drug-likeness (QED) is 0.291. The summed E-state index contributed by atoms with van der Waals surface area (Å²) in [5, 5.41) is 8.04. The van der Waals surface area contributed by atoms with Crippen LogP contribution in [-0.2, 0) is 14.3 Å². The molecule has 0 aliphatic rings. The Balaban J connectivity index is -0.000000500. The van der Waals surface area contributed by atoms with Gasteiger partial charge in [0.1, 0.15) is 0 Å². The third-order valence-corrected chi connectivity index (χ3v) is 2.11. The van der Waals surface area contributed by atoms with Crippen LogP contribution in [-0.4, -0.2) is 27.3 Å². The number of rotatable bonds is 5. The van der Waals surface area contributed by atoms with Gasteiger partial charge in [-0.1, -0.05) is 0 Å². The Bertz CT molecular complexity index is 239. The molecular weight excluding hydrogens is 207 g/mol. The van der Waals surface area contributed by atoms with Crippen LogP contribution in [0.4, 0.5) is 0 Å². The second kappa shape index (κ2) is 8.59. The van der Waals surface area contributed by atoms with E-state index in [-0.39, 0.29) is 78.1 Å². The molecule has 0 aromatic heterocycles. The van der Waals surface area contributed by atoms with E-state index in [1.165, 1.54) is 0 Å². The molecule has 0 saturated heterocycles. The fourth-order valence-corrected chi connectivity index (χ4v) is 1.16. The molecule has 0 unspecified atom stereocenters. The summed E-state index contributed by atoms with van der Waals surface area (Å²) in [4.78, 5) is 0. The Morgan fingerprint density at radius 1 is 1.58 bits per heavy atom. The predicted molar refractivity (Wildman–Crippen MR) is 40.1 cm³/mol. The van der Waals surface area contributed by atoms with Crippen molar-refractivity contribution in [3.05, 3.63) is 0 Å². The first-order valence-electron chi connectivity index (χ1n) is 3.06. The van der Waals surface area contributed by atoms with Gasteiger partial charge in [-0.15, -0.1) is 0 Å². The largest absolute Gasteiger partial charge is 1.00 e. The van der Waals surface area contributed by atoms with Crippen LogP contribution in [0.3, 0.4) is 0 Å². The molecule has 0 aliphatic carbocycles. The van der Waals surface area contributed by atoms with E-state index in [0.29, 0.717) is 0 Å². The van der Waals surface area contributed by atoms with E-state index in [2.05, 4.69) is 4.18 Å². The van der Waals surface area contributed by atoms with Crippen molar-refractivity contribution in [3.8, 4) is 6.07 Å². The molecule has 0 rings (SSSR count). The zero-order chi connectivity index (χ0) is 8.74. The van der Waals surface area contributed by atoms with Gasteiger partial charge in [-0.05, 0) is 0 Å². The second-order valence-corrected chi connectivity index (χ2v) is 3.54. The average Bonchev–Trinajstić information content (AvgIpc) is 1.87. The van der Waals surface area contributed by atoms with E-state index >= 15 is 0 Å². The summed E-state index contributed by atoms with van der Waals surface area (Å²) in [5.74, 6) is -0.196. The minimum Gasteiger partial charge on any atom is -1.00 e. The van der Waals surface area contributed by atoms with Crippen molar-refractivity contribution in [1.82, 2.24) is 0 Å². The molecule has 12 heavy (non-hydrogen) atoms. The maximum absolute atomic E-state index is 10.7. The molecule has 2 N–H and O–H groups in total. The van der Waals surface area contributed by atoms with Crippen LogP contribution >= 0.6 is 0 Å². The molecule has 0 atom stereocenters. The van der Waals surface area contributed by atoms with Gasteiger partial charge < -0.3 is 7.16 Å². The molecule has 7 heteroatoms. The van der Waals surface area contributed by atoms with Crippen LogP contribution < -0.4 is 57.1 Å². The van der Waals surface area contributed by atoms with Gasteiger partial charge in [-0.25, -0.2) is 0 Å². The first-order valence-corrected chi connectivity index (χ1v) is 4.64. The topological polar surface area (TPSA) is 93.2 Å². The summed E-state index contributed by atoms with van der Waals surface area (Å²) < 4.78 is 25.8. The first-order chi connectivity index (χ1) is 5.12. The Hall–Kier alpha value is 0.996. The molecule has 0 bridgehead atoms. The Morgan fingerprint density at radius 3 is 2.58 bits per heavy atom. The summed E-state index contributed by atoms with van der Waals surface area (Å²) in [5.41, 5.74) is 4.99. The molecule has 0 aliphatic heterocycles. The van der Waals surface area contributed by atoms with Gasteiger partial charge in [0, 0.05) is 6.54 Å². The van der Waals surface area contributed by atoms with Crippen LogP contribution in [0.25, 0.3) is 0 Å². The van der Waals surface area contributed by atoms with Crippen molar-refractivity contribution in [3.63, 3.8) is 0 Å². The fraction of sp³-hybridized carbons (Fsp3) is 0.800. The van der Waals surface area contributed by atoms with Gasteiger partial charge in [-0.2, -0.15) is 13.7 Å². The van der Waals surface area contributed by atoms with Crippen molar-refractivity contribution in [2.24, 2.45) is 5.73 Å². The normalized spacial score (nSPS) is 10.0. The molecule has 0 amide bonds. The van der Waals surface area contributed by atoms with E-state index < -0.39 is 10.1 Å². The summed E-state index contributed by atoms with van der Waals surface area (Å²) in [6.07, 6.45) is 0.0732. The number of nitriles is 1. The van der Waals surface area contributed by atoms with Gasteiger partial charge in [0.2, 0.25) is 0 Å². The third-order valence-electron chi connectivity index (χ3n) is 0.845. The second-order valence-electron chi connectivity index (χ2n) is 1.78. The van der Waals surface area contributed by atoms with Crippen LogP contribution in [0.15, 0.2) is 0 Å². The molecule has 0 spiro atoms. The van der Waals surface area contributed by atoms with E-state index in [1.54, 1.807) is 6.07 Å². The van der Waals surface area contributed by atoms with Gasteiger partial charge in [0.15, 0.2) is 0 Å². The molecule has 0 fully saturated rings. The zero-order valence-electron chi connectivity index (χ0n) is 7.99. The Morgan fingerprint density at radius 2 is 2.17 bits per heavy atom. The minimum atomic E-state index is -3.48. The van der Waals surface area contributed by atoms with E-state index in [4.69, 9.17) is 11.0 Å². The molecule has 5 nitrogen and oxygen atoms in total. The predicted octanol–water partition coefficient (Wildman–Crippen LogP) is -3.68. The van der Waals surface area contributed by atoms with Crippen LogP contribution in [0.2, 0.25) is 0 Å². The summed E-state index contributed by atoms with van der Waals surface area (Å²) >= 11 is 0. The Labute approximate surface area is 116 Å². The van der Waals surface area contributed by atoms with Gasteiger partial charge in [0.05, 0.1) is 24.8 Å². The van der Waals surface area contributed by atoms with Crippen LogP contribution in [0.1, 0.15) is 7.85 Å². The molecular formula is C5H11KN2O3S. The number of nitrogens with two attached hydrogens (primary N) is 1. The average molecular weight is 218 g/mol. The minimum absolute atomic E-state index is 0. The van der Waals surface area contributed by atoms with Gasteiger partial charge >= 0.3 is 51.4 Å². The fourth-order valence-electron chi connectivity index (χ4n) is 0.418. The molecule has 0 heterocycles. The SMILES string of the molecule is N#CCCOS(=O)(=O)CCN.[H-].[K+]. The smallest absolute Gasteiger partial charge is 1.00 e. The van der Waals surface area contributed by atoms with E-state index in [1.807, 2.05) is 0 Å². The van der Waals surface area contributed by atoms with Crippen molar-refractivity contribution in [2.75, 3.05) is 18.9 Å². The van der Waals surface area contributed by atoms with Gasteiger partial charge in [-0.3, -0.25) is 4.18 Å². The zero-order valence-corrected chi connectivity index (χ0v) is 10.9. The number of nitrogens with zero attached hydrogens (tertiary/aromatic N) is 1. The molecule has 0 aromatic carbocycles. The van der Waals surface area contributed by atoms with Crippen molar-refractivity contribution >= 4 is 10.1 Å². The van der Waals surface area contributed by atoms with E-state index in [9.17, 15) is 8.42 Å². The third kappa shape index (κ3) is 9.09. The molecule has 0 saturated carbocycles. The first kappa shape index (κ1) is 15.5. The summed E-state index contributed by atoms with van der Waals surface area (Å²) in [6, 6.07) is 1.76. The molecule has 0 aromatic rings. The number of hydrogen-bond donors (Lipinski definition) is 1. The van der Waals surface area contributed by atoms with Crippen molar-refractivity contribution in [2.45, 2.75) is 6.42 Å². The summed E-state index contributed by atoms with van der Waals surface area (Å²) in [6.45, 7) is -0.0479. The number of hydrogen-bond acceptors (Lipinski definition) is 5.